The van der Waals surface area contributed by atoms with Crippen LogP contribution in [0.4, 0.5) is 10.5 Å². The Morgan fingerprint density at radius 2 is 2.19 bits per heavy atom. The fraction of sp³-hybridized carbons (Fsp3) is 0.474. The van der Waals surface area contributed by atoms with Gasteiger partial charge in [0.15, 0.2) is 0 Å². The van der Waals surface area contributed by atoms with Crippen LogP contribution in [0.15, 0.2) is 36.9 Å². The van der Waals surface area contributed by atoms with Gasteiger partial charge >= 0.3 is 6.03 Å². The van der Waals surface area contributed by atoms with Gasteiger partial charge in [0.1, 0.15) is 11.5 Å². The SMILES string of the molecule is COc1ccc(OC)c(NC(=O)N2CCCCC2CCn2ccnc2)c1. The Balaban J connectivity index is 1.68. The van der Waals surface area contributed by atoms with Crippen molar-refractivity contribution in [1.29, 1.82) is 0 Å². The summed E-state index contributed by atoms with van der Waals surface area (Å²) in [7, 11) is 3.19. The minimum atomic E-state index is -0.0908. The molecule has 1 unspecified atom stereocenters. The van der Waals surface area contributed by atoms with Gasteiger partial charge in [-0.1, -0.05) is 0 Å². The van der Waals surface area contributed by atoms with E-state index in [1.54, 1.807) is 32.5 Å². The first-order chi connectivity index (χ1) is 12.7. The Morgan fingerprint density at radius 3 is 2.92 bits per heavy atom. The molecule has 1 N–H and O–H groups in total. The number of nitrogens with zero attached hydrogens (tertiary/aromatic N) is 3. The van der Waals surface area contributed by atoms with Crippen molar-refractivity contribution >= 4 is 11.7 Å². The van der Waals surface area contributed by atoms with Gasteiger partial charge in [0.25, 0.3) is 0 Å². The lowest BCUT2D eigenvalue weighted by Gasteiger charge is -2.36. The molecule has 0 radical (unpaired) electrons. The first kappa shape index (κ1) is 18.1. The number of piperidine rings is 1. The molecule has 26 heavy (non-hydrogen) atoms. The van der Waals surface area contributed by atoms with Gasteiger partial charge in [-0.15, -0.1) is 0 Å². The van der Waals surface area contributed by atoms with Crippen LogP contribution in [0.3, 0.4) is 0 Å². The molecule has 1 aromatic heterocycles. The second kappa shape index (κ2) is 8.60. The quantitative estimate of drug-likeness (QED) is 0.859. The molecule has 2 aromatic rings. The number of ether oxygens (including phenoxy) is 2. The van der Waals surface area contributed by atoms with Crippen LogP contribution >= 0.6 is 0 Å². The largest absolute Gasteiger partial charge is 0.497 e. The Kier molecular flexibility index (Phi) is 5.99. The van der Waals surface area contributed by atoms with Crippen molar-refractivity contribution in [1.82, 2.24) is 14.5 Å². The number of benzene rings is 1. The fourth-order valence-corrected chi connectivity index (χ4v) is 3.38. The molecular weight excluding hydrogens is 332 g/mol. The second-order valence-electron chi connectivity index (χ2n) is 6.43. The van der Waals surface area contributed by atoms with Crippen molar-refractivity contribution < 1.29 is 14.3 Å². The number of amides is 2. The number of rotatable bonds is 6. The van der Waals surface area contributed by atoms with Gasteiger partial charge in [-0.05, 0) is 37.8 Å². The van der Waals surface area contributed by atoms with E-state index in [0.717, 1.165) is 38.8 Å². The third-order valence-electron chi connectivity index (χ3n) is 4.82. The number of hydrogen-bond acceptors (Lipinski definition) is 4. The third kappa shape index (κ3) is 4.28. The number of carbonyl (C=O) groups is 1. The number of imidazole rings is 1. The van der Waals surface area contributed by atoms with Crippen LogP contribution in [0.1, 0.15) is 25.7 Å². The van der Waals surface area contributed by atoms with Crippen molar-refractivity contribution in [2.75, 3.05) is 26.1 Å². The normalized spacial score (nSPS) is 17.0. The highest BCUT2D eigenvalue weighted by Crippen LogP contribution is 2.30. The highest BCUT2D eigenvalue weighted by Gasteiger charge is 2.27. The zero-order chi connectivity index (χ0) is 18.4. The van der Waals surface area contributed by atoms with Crippen LogP contribution in [-0.4, -0.2) is 47.3 Å². The number of aryl methyl sites for hydroxylation is 1. The summed E-state index contributed by atoms with van der Waals surface area (Å²) < 4.78 is 12.7. The van der Waals surface area contributed by atoms with E-state index < -0.39 is 0 Å². The highest BCUT2D eigenvalue weighted by atomic mass is 16.5. The average molecular weight is 358 g/mol. The smallest absolute Gasteiger partial charge is 0.322 e. The van der Waals surface area contributed by atoms with E-state index in [4.69, 9.17) is 9.47 Å². The van der Waals surface area contributed by atoms with E-state index in [1.807, 2.05) is 23.5 Å². The number of anilines is 1. The van der Waals surface area contributed by atoms with Crippen molar-refractivity contribution in [3.8, 4) is 11.5 Å². The third-order valence-corrected chi connectivity index (χ3v) is 4.82. The summed E-state index contributed by atoms with van der Waals surface area (Å²) in [6, 6.07) is 5.51. The first-order valence-corrected chi connectivity index (χ1v) is 8.96. The summed E-state index contributed by atoms with van der Waals surface area (Å²) >= 11 is 0. The van der Waals surface area contributed by atoms with E-state index in [0.29, 0.717) is 17.2 Å². The maximum atomic E-state index is 12.9. The molecule has 1 saturated heterocycles. The van der Waals surface area contributed by atoms with Gasteiger partial charge in [0.05, 0.1) is 26.2 Å². The molecule has 7 nitrogen and oxygen atoms in total. The molecule has 3 rings (SSSR count). The van der Waals surface area contributed by atoms with Crippen LogP contribution in [0.2, 0.25) is 0 Å². The van der Waals surface area contributed by atoms with Crippen LogP contribution < -0.4 is 14.8 Å². The summed E-state index contributed by atoms with van der Waals surface area (Å²) in [5, 5.41) is 2.99. The summed E-state index contributed by atoms with van der Waals surface area (Å²) in [4.78, 5) is 18.9. The van der Waals surface area contributed by atoms with E-state index in [-0.39, 0.29) is 12.1 Å². The molecule has 2 amide bonds. The number of hydrogen-bond donors (Lipinski definition) is 1. The number of likely N-dealkylation sites (tertiary alicyclic amines) is 1. The predicted octanol–water partition coefficient (Wildman–Crippen LogP) is 3.38. The van der Waals surface area contributed by atoms with Gasteiger partial charge in [0.2, 0.25) is 0 Å². The first-order valence-electron chi connectivity index (χ1n) is 8.96. The fourth-order valence-electron chi connectivity index (χ4n) is 3.38. The predicted molar refractivity (Wildman–Crippen MR) is 99.8 cm³/mol. The molecule has 0 bridgehead atoms. The number of carbonyl (C=O) groups excluding carboxylic acids is 1. The molecular formula is C19H26N4O3. The Morgan fingerprint density at radius 1 is 1.31 bits per heavy atom. The molecule has 7 heteroatoms. The minimum Gasteiger partial charge on any atom is -0.497 e. The maximum Gasteiger partial charge on any atom is 0.322 e. The lowest BCUT2D eigenvalue weighted by molar-refractivity contribution is 0.155. The zero-order valence-corrected chi connectivity index (χ0v) is 15.4. The van der Waals surface area contributed by atoms with Crippen molar-refractivity contribution in [2.24, 2.45) is 0 Å². The van der Waals surface area contributed by atoms with Crippen LogP contribution in [-0.2, 0) is 6.54 Å². The van der Waals surface area contributed by atoms with Gasteiger partial charge < -0.3 is 24.3 Å². The van der Waals surface area contributed by atoms with Gasteiger partial charge in [0, 0.05) is 37.6 Å². The number of methoxy groups -OCH3 is 2. The molecule has 140 valence electrons. The van der Waals surface area contributed by atoms with Crippen LogP contribution in [0.25, 0.3) is 0 Å². The lowest BCUT2D eigenvalue weighted by Crippen LogP contribution is -2.46. The monoisotopic (exact) mass is 358 g/mol. The molecule has 1 atom stereocenters. The van der Waals surface area contributed by atoms with E-state index in [1.165, 1.54) is 0 Å². The molecule has 0 aliphatic carbocycles. The molecule has 1 aliphatic heterocycles. The Hall–Kier alpha value is -2.70. The second-order valence-corrected chi connectivity index (χ2v) is 6.43. The molecule has 0 spiro atoms. The minimum absolute atomic E-state index is 0.0908. The summed E-state index contributed by atoms with van der Waals surface area (Å²) in [5.41, 5.74) is 0.621. The average Bonchev–Trinajstić information content (AvgIpc) is 3.20. The van der Waals surface area contributed by atoms with Crippen molar-refractivity contribution in [3.05, 3.63) is 36.9 Å². The molecule has 0 saturated carbocycles. The Labute approximate surface area is 153 Å². The number of aromatic nitrogens is 2. The summed E-state index contributed by atoms with van der Waals surface area (Å²) in [6.45, 7) is 1.63. The van der Waals surface area contributed by atoms with Crippen molar-refractivity contribution in [3.63, 3.8) is 0 Å². The van der Waals surface area contributed by atoms with E-state index >= 15 is 0 Å². The molecule has 1 fully saturated rings. The van der Waals surface area contributed by atoms with E-state index in [2.05, 4.69) is 14.9 Å². The highest BCUT2D eigenvalue weighted by molar-refractivity contribution is 5.91. The standard InChI is InChI=1S/C19H26N4O3/c1-25-16-6-7-18(26-2)17(13-16)21-19(24)23-10-4-3-5-15(23)8-11-22-12-9-20-14-22/h6-7,9,12-15H,3-5,8,10-11H2,1-2H3,(H,21,24). The topological polar surface area (TPSA) is 68.6 Å². The number of nitrogens with one attached hydrogen (secondary N) is 1. The zero-order valence-electron chi connectivity index (χ0n) is 15.4. The Bertz CT molecular complexity index is 718. The van der Waals surface area contributed by atoms with Crippen LogP contribution in [0.5, 0.6) is 11.5 Å². The summed E-state index contributed by atoms with van der Waals surface area (Å²) in [6.07, 6.45) is 9.67. The summed E-state index contributed by atoms with van der Waals surface area (Å²) in [5.74, 6) is 1.29. The maximum absolute atomic E-state index is 12.9. The van der Waals surface area contributed by atoms with Crippen molar-refractivity contribution in [2.45, 2.75) is 38.3 Å². The molecule has 2 heterocycles. The van der Waals surface area contributed by atoms with Gasteiger partial charge in [-0.2, -0.15) is 0 Å². The lowest BCUT2D eigenvalue weighted by atomic mass is 9.99. The number of urea groups is 1. The molecule has 1 aliphatic rings. The van der Waals surface area contributed by atoms with E-state index in [9.17, 15) is 4.79 Å². The molecule has 1 aromatic carbocycles. The van der Waals surface area contributed by atoms with Gasteiger partial charge in [-0.3, -0.25) is 0 Å². The van der Waals surface area contributed by atoms with Gasteiger partial charge in [-0.25, -0.2) is 9.78 Å². The van der Waals surface area contributed by atoms with Crippen LogP contribution in [0, 0.1) is 0 Å².